The Labute approximate surface area is 219 Å². The molecule has 1 aliphatic heterocycles. The quantitative estimate of drug-likeness (QED) is 0.280. The standard InChI is InChI=1S/C32H48N2O2/c1-6-7-8-9-10-11-20-33-32(35)36-29-21-30(34-22-29)31(27-16-12-25(13-17-27)23(2)3)28-18-14-26(15-19-28)24(4)5/h12-19,23-24,29-31,34H,6-11,20-22H2,1-5H3,(H,33,35)/t29-,30-/m1/s1. The Balaban J connectivity index is 1.61. The Bertz CT molecular complexity index is 853. The van der Waals surface area contributed by atoms with Gasteiger partial charge in [0.25, 0.3) is 0 Å². The third kappa shape index (κ3) is 8.37. The molecule has 1 fully saturated rings. The summed E-state index contributed by atoms with van der Waals surface area (Å²) in [4.78, 5) is 12.4. The molecule has 4 heteroatoms. The first kappa shape index (κ1) is 28.2. The van der Waals surface area contributed by atoms with Gasteiger partial charge in [0.15, 0.2) is 0 Å². The second-order valence-electron chi connectivity index (χ2n) is 11.1. The summed E-state index contributed by atoms with van der Waals surface area (Å²) >= 11 is 0. The number of carbonyl (C=O) groups excluding carboxylic acids is 1. The van der Waals surface area contributed by atoms with Gasteiger partial charge in [-0.15, -0.1) is 0 Å². The van der Waals surface area contributed by atoms with E-state index >= 15 is 0 Å². The van der Waals surface area contributed by atoms with Crippen molar-refractivity contribution in [3.63, 3.8) is 0 Å². The highest BCUT2D eigenvalue weighted by Gasteiger charge is 2.34. The van der Waals surface area contributed by atoms with Crippen molar-refractivity contribution in [1.82, 2.24) is 10.6 Å². The van der Waals surface area contributed by atoms with Gasteiger partial charge in [-0.2, -0.15) is 0 Å². The minimum absolute atomic E-state index is 0.105. The lowest BCUT2D eigenvalue weighted by Gasteiger charge is -2.26. The van der Waals surface area contributed by atoms with Gasteiger partial charge in [-0.05, 0) is 40.5 Å². The van der Waals surface area contributed by atoms with Gasteiger partial charge >= 0.3 is 6.09 Å². The number of hydrogen-bond acceptors (Lipinski definition) is 3. The normalized spacial score (nSPS) is 17.8. The largest absolute Gasteiger partial charge is 0.445 e. The van der Waals surface area contributed by atoms with E-state index in [0.717, 1.165) is 12.8 Å². The zero-order valence-corrected chi connectivity index (χ0v) is 23.2. The first-order valence-electron chi connectivity index (χ1n) is 14.3. The van der Waals surface area contributed by atoms with Crippen LogP contribution in [0.15, 0.2) is 48.5 Å². The van der Waals surface area contributed by atoms with Crippen LogP contribution in [0.4, 0.5) is 4.79 Å². The van der Waals surface area contributed by atoms with Crippen LogP contribution < -0.4 is 10.6 Å². The molecule has 2 atom stereocenters. The Morgan fingerprint density at radius 3 is 1.86 bits per heavy atom. The molecule has 198 valence electrons. The van der Waals surface area contributed by atoms with Gasteiger partial charge < -0.3 is 15.4 Å². The Hall–Kier alpha value is -2.33. The van der Waals surface area contributed by atoms with Crippen LogP contribution in [0, 0.1) is 0 Å². The van der Waals surface area contributed by atoms with Gasteiger partial charge in [-0.3, -0.25) is 0 Å². The van der Waals surface area contributed by atoms with E-state index in [4.69, 9.17) is 4.74 Å². The van der Waals surface area contributed by atoms with Crippen LogP contribution in [-0.4, -0.2) is 31.3 Å². The maximum Gasteiger partial charge on any atom is 0.407 e. The van der Waals surface area contributed by atoms with Gasteiger partial charge in [0.05, 0.1) is 0 Å². The number of amides is 1. The average molecular weight is 493 g/mol. The average Bonchev–Trinajstić information content (AvgIpc) is 3.32. The molecule has 0 aromatic heterocycles. The van der Waals surface area contributed by atoms with Gasteiger partial charge in [0, 0.05) is 31.5 Å². The van der Waals surface area contributed by atoms with Crippen LogP contribution in [0.25, 0.3) is 0 Å². The maximum atomic E-state index is 12.4. The van der Waals surface area contributed by atoms with Crippen LogP contribution in [0.2, 0.25) is 0 Å². The van der Waals surface area contributed by atoms with E-state index in [2.05, 4.69) is 93.8 Å². The third-order valence-corrected chi connectivity index (χ3v) is 7.52. The number of hydrogen-bond donors (Lipinski definition) is 2. The number of benzene rings is 2. The summed E-state index contributed by atoms with van der Waals surface area (Å²) < 4.78 is 5.80. The minimum atomic E-state index is -0.282. The van der Waals surface area contributed by atoms with Gasteiger partial charge in [-0.25, -0.2) is 4.79 Å². The van der Waals surface area contributed by atoms with E-state index in [1.54, 1.807) is 0 Å². The second kappa shape index (κ2) is 14.4. The molecule has 0 radical (unpaired) electrons. The van der Waals surface area contributed by atoms with E-state index in [9.17, 15) is 4.79 Å². The number of ether oxygens (including phenoxy) is 1. The van der Waals surface area contributed by atoms with Crippen LogP contribution >= 0.6 is 0 Å². The molecule has 0 spiro atoms. The lowest BCUT2D eigenvalue weighted by atomic mass is 9.82. The molecule has 1 amide bonds. The van der Waals surface area contributed by atoms with E-state index in [0.29, 0.717) is 24.9 Å². The number of alkyl carbamates (subject to hydrolysis) is 1. The van der Waals surface area contributed by atoms with Crippen molar-refractivity contribution in [1.29, 1.82) is 0 Å². The monoisotopic (exact) mass is 492 g/mol. The molecule has 1 aliphatic rings. The van der Waals surface area contributed by atoms with Crippen molar-refractivity contribution in [3.8, 4) is 0 Å². The van der Waals surface area contributed by atoms with E-state index in [1.165, 1.54) is 54.4 Å². The van der Waals surface area contributed by atoms with Crippen molar-refractivity contribution in [2.45, 2.75) is 109 Å². The van der Waals surface area contributed by atoms with Crippen molar-refractivity contribution < 1.29 is 9.53 Å². The molecule has 36 heavy (non-hydrogen) atoms. The first-order chi connectivity index (χ1) is 17.4. The predicted octanol–water partition coefficient (Wildman–Crippen LogP) is 7.88. The summed E-state index contributed by atoms with van der Waals surface area (Å²) in [6.07, 6.45) is 7.71. The van der Waals surface area contributed by atoms with Crippen LogP contribution in [0.5, 0.6) is 0 Å². The molecule has 1 saturated heterocycles. The van der Waals surface area contributed by atoms with Gasteiger partial charge in [0.1, 0.15) is 6.10 Å². The number of nitrogens with one attached hydrogen (secondary N) is 2. The molecule has 0 aliphatic carbocycles. The van der Waals surface area contributed by atoms with Gasteiger partial charge in [-0.1, -0.05) is 115 Å². The second-order valence-corrected chi connectivity index (χ2v) is 11.1. The molecule has 2 N–H and O–H groups in total. The van der Waals surface area contributed by atoms with Crippen LogP contribution in [0.1, 0.15) is 120 Å². The van der Waals surface area contributed by atoms with Crippen molar-refractivity contribution in [3.05, 3.63) is 70.8 Å². The molecular weight excluding hydrogens is 444 g/mol. The smallest absolute Gasteiger partial charge is 0.407 e. The zero-order valence-electron chi connectivity index (χ0n) is 23.2. The fourth-order valence-corrected chi connectivity index (χ4v) is 5.20. The highest BCUT2D eigenvalue weighted by molar-refractivity contribution is 5.67. The third-order valence-electron chi connectivity index (χ3n) is 7.52. The topological polar surface area (TPSA) is 50.4 Å². The van der Waals surface area contributed by atoms with Crippen LogP contribution in [-0.2, 0) is 4.74 Å². The zero-order chi connectivity index (χ0) is 25.9. The lowest BCUT2D eigenvalue weighted by molar-refractivity contribution is 0.106. The molecule has 1 heterocycles. The Kier molecular flexibility index (Phi) is 11.3. The Morgan fingerprint density at radius 2 is 1.33 bits per heavy atom. The summed E-state index contributed by atoms with van der Waals surface area (Å²) in [5.74, 6) is 1.24. The molecule has 4 nitrogen and oxygen atoms in total. The predicted molar refractivity (Wildman–Crippen MR) is 151 cm³/mol. The van der Waals surface area contributed by atoms with E-state index in [-0.39, 0.29) is 24.2 Å². The first-order valence-corrected chi connectivity index (χ1v) is 14.3. The highest BCUT2D eigenvalue weighted by Crippen LogP contribution is 2.34. The SMILES string of the molecule is CCCCCCCCNC(=O)O[C@H]1CN[C@@H](C(c2ccc(C(C)C)cc2)c2ccc(C(C)C)cc2)C1. The van der Waals surface area contributed by atoms with Crippen molar-refractivity contribution >= 4 is 6.09 Å². The molecule has 0 unspecified atom stereocenters. The fraction of sp³-hybridized carbons (Fsp3) is 0.594. The summed E-state index contributed by atoms with van der Waals surface area (Å²) in [5, 5.41) is 6.63. The molecule has 0 saturated carbocycles. The molecule has 2 aromatic rings. The van der Waals surface area contributed by atoms with E-state index in [1.807, 2.05) is 0 Å². The van der Waals surface area contributed by atoms with Crippen molar-refractivity contribution in [2.24, 2.45) is 0 Å². The van der Waals surface area contributed by atoms with E-state index < -0.39 is 0 Å². The minimum Gasteiger partial charge on any atom is -0.445 e. The fourth-order valence-electron chi connectivity index (χ4n) is 5.20. The summed E-state index contributed by atoms with van der Waals surface area (Å²) in [7, 11) is 0. The molecule has 0 bridgehead atoms. The summed E-state index contributed by atoms with van der Waals surface area (Å²) in [6.45, 7) is 12.5. The van der Waals surface area contributed by atoms with Crippen LogP contribution in [0.3, 0.4) is 0 Å². The lowest BCUT2D eigenvalue weighted by Crippen LogP contribution is -2.30. The summed E-state index contributed by atoms with van der Waals surface area (Å²) in [5.41, 5.74) is 5.33. The highest BCUT2D eigenvalue weighted by atomic mass is 16.6. The number of unbranched alkanes of at least 4 members (excludes halogenated alkanes) is 5. The molecule has 3 rings (SSSR count). The summed E-state index contributed by atoms with van der Waals surface area (Å²) in [6, 6.07) is 18.4. The van der Waals surface area contributed by atoms with Crippen molar-refractivity contribution in [2.75, 3.05) is 13.1 Å². The van der Waals surface area contributed by atoms with Gasteiger partial charge in [0.2, 0.25) is 0 Å². The maximum absolute atomic E-state index is 12.4. The Morgan fingerprint density at radius 1 is 0.833 bits per heavy atom. The molecule has 2 aromatic carbocycles. The number of carbonyl (C=O) groups is 1. The molecular formula is C32H48N2O2. The number of rotatable bonds is 13.